The summed E-state index contributed by atoms with van der Waals surface area (Å²) in [6.45, 7) is 0. The molecular weight excluding hydrogens is 242 g/mol. The largest absolute Gasteiger partial charge is 0.458 e. The van der Waals surface area contributed by atoms with E-state index in [0.717, 1.165) is 12.8 Å². The zero-order chi connectivity index (χ0) is 13.0. The molecule has 0 unspecified atom stereocenters. The fraction of sp³-hybridized carbons (Fsp3) is 0.467. The molecule has 2 aliphatic carbocycles. The minimum absolute atomic E-state index is 0.0818. The summed E-state index contributed by atoms with van der Waals surface area (Å²) in [4.78, 5) is 23.7. The Morgan fingerprint density at radius 2 is 1.89 bits per heavy atom. The van der Waals surface area contributed by atoms with Gasteiger partial charge in [0.25, 0.3) is 0 Å². The van der Waals surface area contributed by atoms with E-state index in [1.54, 1.807) is 12.1 Å². The molecule has 1 aromatic carbocycles. The first-order chi connectivity index (χ1) is 9.25. The Morgan fingerprint density at radius 1 is 1.16 bits per heavy atom. The molecule has 0 aromatic heterocycles. The van der Waals surface area contributed by atoms with Crippen LogP contribution in [0.2, 0.25) is 0 Å². The second-order valence-electron chi connectivity index (χ2n) is 5.70. The van der Waals surface area contributed by atoms with E-state index in [2.05, 4.69) is 5.32 Å². The minimum Gasteiger partial charge on any atom is -0.458 e. The average molecular weight is 257 g/mol. The number of fused-ring (bicyclic) bond motifs is 5. The van der Waals surface area contributed by atoms with E-state index in [4.69, 9.17) is 4.74 Å². The fourth-order valence-corrected chi connectivity index (χ4v) is 3.99. The van der Waals surface area contributed by atoms with Crippen molar-refractivity contribution >= 4 is 11.9 Å². The van der Waals surface area contributed by atoms with Gasteiger partial charge in [-0.05, 0) is 25.0 Å². The highest BCUT2D eigenvalue weighted by molar-refractivity contribution is 5.90. The number of ether oxygens (including phenoxy) is 1. The van der Waals surface area contributed by atoms with Crippen molar-refractivity contribution in [2.24, 2.45) is 17.8 Å². The Hall–Kier alpha value is -1.84. The second-order valence-corrected chi connectivity index (χ2v) is 5.70. The van der Waals surface area contributed by atoms with Crippen molar-refractivity contribution in [3.8, 4) is 0 Å². The third kappa shape index (κ3) is 1.46. The summed E-state index contributed by atoms with van der Waals surface area (Å²) in [5.74, 6) is 0.512. The number of amides is 1. The van der Waals surface area contributed by atoms with Crippen LogP contribution in [0.5, 0.6) is 0 Å². The van der Waals surface area contributed by atoms with Gasteiger partial charge in [-0.25, -0.2) is 4.79 Å². The number of carbonyl (C=O) groups excluding carboxylic acids is 2. The number of β-lactam (4-membered cyclic amide) rings is 1. The molecule has 1 saturated heterocycles. The monoisotopic (exact) mass is 257 g/mol. The third-order valence-electron chi connectivity index (χ3n) is 4.85. The quantitative estimate of drug-likeness (QED) is 0.643. The van der Waals surface area contributed by atoms with Crippen molar-refractivity contribution in [3.63, 3.8) is 0 Å². The molecule has 2 bridgehead atoms. The lowest BCUT2D eigenvalue weighted by atomic mass is 9.78. The second kappa shape index (κ2) is 3.83. The number of hydrogen-bond donors (Lipinski definition) is 1. The van der Waals surface area contributed by atoms with E-state index in [9.17, 15) is 9.59 Å². The van der Waals surface area contributed by atoms with Crippen LogP contribution < -0.4 is 5.32 Å². The first-order valence-corrected chi connectivity index (χ1v) is 6.82. The van der Waals surface area contributed by atoms with Crippen molar-refractivity contribution in [3.05, 3.63) is 35.9 Å². The number of esters is 1. The topological polar surface area (TPSA) is 55.4 Å². The molecule has 1 heterocycles. The van der Waals surface area contributed by atoms with Gasteiger partial charge in [-0.15, -0.1) is 0 Å². The zero-order valence-electron chi connectivity index (χ0n) is 10.4. The Morgan fingerprint density at radius 3 is 2.58 bits per heavy atom. The number of benzene rings is 1. The van der Waals surface area contributed by atoms with Gasteiger partial charge in [0.1, 0.15) is 6.10 Å². The van der Waals surface area contributed by atoms with Crippen LogP contribution in [0.15, 0.2) is 30.3 Å². The smallest absolute Gasteiger partial charge is 0.338 e. The van der Waals surface area contributed by atoms with E-state index in [0.29, 0.717) is 11.5 Å². The molecule has 1 N–H and O–H groups in total. The predicted octanol–water partition coefficient (Wildman–Crippen LogP) is 1.37. The summed E-state index contributed by atoms with van der Waals surface area (Å²) in [7, 11) is 0. The van der Waals surface area contributed by atoms with E-state index < -0.39 is 0 Å². The van der Waals surface area contributed by atoms with E-state index >= 15 is 0 Å². The lowest BCUT2D eigenvalue weighted by Crippen LogP contribution is -2.60. The molecule has 1 aromatic rings. The molecule has 0 spiro atoms. The first kappa shape index (κ1) is 11.0. The normalized spacial score (nSPS) is 38.3. The van der Waals surface area contributed by atoms with Crippen LogP contribution in [0.3, 0.4) is 0 Å². The van der Waals surface area contributed by atoms with Gasteiger partial charge < -0.3 is 10.1 Å². The number of carbonyl (C=O) groups is 2. The van der Waals surface area contributed by atoms with Crippen molar-refractivity contribution in [1.29, 1.82) is 0 Å². The molecule has 19 heavy (non-hydrogen) atoms. The minimum atomic E-state index is -0.267. The number of nitrogens with one attached hydrogen (secondary N) is 1. The molecule has 1 aliphatic heterocycles. The Bertz CT molecular complexity index is 542. The fourth-order valence-electron chi connectivity index (χ4n) is 3.99. The molecule has 4 rings (SSSR count). The van der Waals surface area contributed by atoms with Gasteiger partial charge in [-0.2, -0.15) is 0 Å². The average Bonchev–Trinajstić information content (AvgIpc) is 2.90. The van der Waals surface area contributed by atoms with Gasteiger partial charge in [0.15, 0.2) is 0 Å². The third-order valence-corrected chi connectivity index (χ3v) is 4.85. The van der Waals surface area contributed by atoms with E-state index in [1.807, 2.05) is 18.2 Å². The molecule has 0 radical (unpaired) electrons. The predicted molar refractivity (Wildman–Crippen MR) is 67.3 cm³/mol. The summed E-state index contributed by atoms with van der Waals surface area (Å²) in [6.07, 6.45) is 1.98. The van der Waals surface area contributed by atoms with Gasteiger partial charge in [-0.3, -0.25) is 4.79 Å². The van der Waals surface area contributed by atoms with Crippen LogP contribution in [0.4, 0.5) is 0 Å². The molecule has 4 nitrogen and oxygen atoms in total. The summed E-state index contributed by atoms with van der Waals surface area (Å²) in [6, 6.07) is 9.30. The lowest BCUT2D eigenvalue weighted by molar-refractivity contribution is -0.137. The highest BCUT2D eigenvalue weighted by Crippen LogP contribution is 2.53. The Labute approximate surface area is 111 Å². The molecule has 4 heteroatoms. The molecule has 98 valence electrons. The zero-order valence-corrected chi connectivity index (χ0v) is 10.4. The van der Waals surface area contributed by atoms with Crippen LogP contribution in [-0.2, 0) is 9.53 Å². The van der Waals surface area contributed by atoms with Gasteiger partial charge in [-0.1, -0.05) is 18.2 Å². The highest BCUT2D eigenvalue weighted by atomic mass is 16.5. The lowest BCUT2D eigenvalue weighted by Gasteiger charge is -2.38. The van der Waals surface area contributed by atoms with E-state index in [-0.39, 0.29) is 35.9 Å². The summed E-state index contributed by atoms with van der Waals surface area (Å²) < 4.78 is 5.68. The van der Waals surface area contributed by atoms with Gasteiger partial charge in [0.05, 0.1) is 11.5 Å². The Kier molecular flexibility index (Phi) is 2.22. The maximum atomic E-state index is 12.1. The maximum absolute atomic E-state index is 12.1. The highest BCUT2D eigenvalue weighted by Gasteiger charge is 2.64. The molecule has 3 aliphatic rings. The van der Waals surface area contributed by atoms with Crippen LogP contribution in [0, 0.1) is 17.8 Å². The Balaban J connectivity index is 1.53. The van der Waals surface area contributed by atoms with Crippen LogP contribution in [-0.4, -0.2) is 24.0 Å². The van der Waals surface area contributed by atoms with Crippen molar-refractivity contribution < 1.29 is 14.3 Å². The standard InChI is InChI=1S/C15H15NO3/c17-14-11-9-6-7-10(12(11)16-14)13(9)19-15(18)8-4-2-1-3-5-8/h1-5,9-13H,6-7H2,(H,16,17)/t9-,10-,11-,12+,13-/m0/s1. The van der Waals surface area contributed by atoms with E-state index in [1.165, 1.54) is 0 Å². The number of rotatable bonds is 2. The van der Waals surface area contributed by atoms with Crippen molar-refractivity contribution in [2.75, 3.05) is 0 Å². The van der Waals surface area contributed by atoms with Crippen LogP contribution >= 0.6 is 0 Å². The number of hydrogen-bond acceptors (Lipinski definition) is 3. The van der Waals surface area contributed by atoms with Crippen LogP contribution in [0.25, 0.3) is 0 Å². The molecule has 3 fully saturated rings. The summed E-state index contributed by atoms with van der Waals surface area (Å²) in [5, 5.41) is 2.95. The molecule has 1 amide bonds. The van der Waals surface area contributed by atoms with Gasteiger partial charge >= 0.3 is 5.97 Å². The molecule has 2 saturated carbocycles. The van der Waals surface area contributed by atoms with Gasteiger partial charge in [0.2, 0.25) is 5.91 Å². The van der Waals surface area contributed by atoms with Crippen molar-refractivity contribution in [2.45, 2.75) is 25.0 Å². The SMILES string of the molecule is O=C(O[C@H]1[C@H]2CC[C@H]1[C@H]1NC(=O)[C@@H]21)c1ccccc1. The summed E-state index contributed by atoms with van der Waals surface area (Å²) in [5.41, 5.74) is 0.584. The molecular formula is C15H15NO3. The first-order valence-electron chi connectivity index (χ1n) is 6.82. The van der Waals surface area contributed by atoms with Gasteiger partial charge in [0, 0.05) is 17.9 Å². The maximum Gasteiger partial charge on any atom is 0.338 e. The van der Waals surface area contributed by atoms with Crippen molar-refractivity contribution in [1.82, 2.24) is 5.32 Å². The molecule has 5 atom stereocenters. The van der Waals surface area contributed by atoms with Crippen LogP contribution in [0.1, 0.15) is 23.2 Å². The summed E-state index contributed by atoms with van der Waals surface area (Å²) >= 11 is 0.